The molecular formula is C31H41N5O6S. The van der Waals surface area contributed by atoms with Crippen molar-refractivity contribution in [3.8, 4) is 10.4 Å². The van der Waals surface area contributed by atoms with Gasteiger partial charge < -0.3 is 30.6 Å². The normalized spacial score (nSPS) is 15.3. The molecular weight excluding hydrogens is 570 g/mol. The summed E-state index contributed by atoms with van der Waals surface area (Å²) < 4.78 is 4.37. The van der Waals surface area contributed by atoms with Gasteiger partial charge in [-0.2, -0.15) is 0 Å². The average Bonchev–Trinajstić information content (AvgIpc) is 3.72. The molecule has 0 radical (unpaired) electrons. The molecule has 12 heteroatoms. The number of thiophene rings is 1. The van der Waals surface area contributed by atoms with Crippen molar-refractivity contribution in [2.24, 2.45) is 0 Å². The lowest BCUT2D eigenvalue weighted by molar-refractivity contribution is -0.138. The Balaban J connectivity index is 0.000000415. The van der Waals surface area contributed by atoms with Crippen LogP contribution in [-0.4, -0.2) is 69.1 Å². The number of carbonyl (C=O) groups is 4. The van der Waals surface area contributed by atoms with Crippen LogP contribution in [0.4, 0.5) is 5.69 Å². The summed E-state index contributed by atoms with van der Waals surface area (Å²) in [4.78, 5) is 41.3. The van der Waals surface area contributed by atoms with E-state index in [0.29, 0.717) is 19.1 Å². The Kier molecular flexibility index (Phi) is 15.6. The molecule has 3 aromatic rings. The number of nitrogens with one attached hydrogen (secondary N) is 5. The van der Waals surface area contributed by atoms with Crippen LogP contribution < -0.4 is 26.8 Å². The first-order chi connectivity index (χ1) is 20.9. The highest BCUT2D eigenvalue weighted by Gasteiger charge is 2.30. The Morgan fingerprint density at radius 3 is 2.40 bits per heavy atom. The van der Waals surface area contributed by atoms with Gasteiger partial charge in [-0.05, 0) is 59.7 Å². The highest BCUT2D eigenvalue weighted by Crippen LogP contribution is 2.27. The number of hydrazine groups is 1. The maximum Gasteiger partial charge on any atom is 0.335 e. The summed E-state index contributed by atoms with van der Waals surface area (Å²) in [5.74, 6) is -0.863. The van der Waals surface area contributed by atoms with Crippen LogP contribution >= 0.6 is 11.3 Å². The van der Waals surface area contributed by atoms with Crippen molar-refractivity contribution in [1.29, 1.82) is 0 Å². The topological polar surface area (TPSA) is 161 Å². The molecule has 2 aliphatic heterocycles. The fourth-order valence-corrected chi connectivity index (χ4v) is 4.73. The van der Waals surface area contributed by atoms with Crippen LogP contribution in [0.3, 0.4) is 0 Å². The minimum absolute atomic E-state index is 0.0112. The van der Waals surface area contributed by atoms with Crippen molar-refractivity contribution in [3.05, 3.63) is 76.7 Å². The summed E-state index contributed by atoms with van der Waals surface area (Å²) in [7, 11) is 1.62. The summed E-state index contributed by atoms with van der Waals surface area (Å²) in [6, 6.07) is 19.2. The molecule has 11 nitrogen and oxygen atoms in total. The molecule has 6 N–H and O–H groups in total. The maximum atomic E-state index is 13.2. The van der Waals surface area contributed by atoms with Crippen molar-refractivity contribution in [3.63, 3.8) is 0 Å². The van der Waals surface area contributed by atoms with Crippen LogP contribution in [0.1, 0.15) is 47.8 Å². The molecule has 2 unspecified atom stereocenters. The fourth-order valence-electron chi connectivity index (χ4n) is 4.00. The first-order valence-corrected chi connectivity index (χ1v) is 14.8. The molecule has 0 saturated carbocycles. The van der Waals surface area contributed by atoms with Gasteiger partial charge in [-0.3, -0.25) is 15.0 Å². The molecule has 1 aromatic heterocycles. The quantitative estimate of drug-likeness (QED) is 0.108. The zero-order valence-electron chi connectivity index (χ0n) is 24.7. The molecule has 5 rings (SSSR count). The van der Waals surface area contributed by atoms with Crippen molar-refractivity contribution in [2.45, 2.75) is 44.9 Å². The summed E-state index contributed by atoms with van der Waals surface area (Å²) in [5.41, 5.74) is 9.77. The Labute approximate surface area is 256 Å². The van der Waals surface area contributed by atoms with Crippen LogP contribution in [0, 0.1) is 0 Å². The monoisotopic (exact) mass is 611 g/mol. The third-order valence-electron chi connectivity index (χ3n) is 6.38. The predicted octanol–water partition coefficient (Wildman–Crippen LogP) is 3.39. The fraction of sp³-hybridized carbons (Fsp3) is 0.355. The van der Waals surface area contributed by atoms with E-state index < -0.39 is 12.1 Å². The van der Waals surface area contributed by atoms with Gasteiger partial charge in [0.05, 0.1) is 18.7 Å². The molecule has 2 aromatic carbocycles. The Hall–Kier alpha value is -4.10. The van der Waals surface area contributed by atoms with Gasteiger partial charge in [0.1, 0.15) is 6.79 Å². The van der Waals surface area contributed by atoms with E-state index in [1.807, 2.05) is 19.8 Å². The summed E-state index contributed by atoms with van der Waals surface area (Å²) in [6.45, 7) is 8.53. The van der Waals surface area contributed by atoms with Gasteiger partial charge in [-0.25, -0.2) is 10.2 Å². The number of hydrogen-bond acceptors (Lipinski definition) is 9. The highest BCUT2D eigenvalue weighted by molar-refractivity contribution is 7.13. The van der Waals surface area contributed by atoms with Gasteiger partial charge in [0.15, 0.2) is 6.10 Å². The van der Waals surface area contributed by atoms with E-state index in [2.05, 4.69) is 92.4 Å². The number of hydrogen-bond donors (Lipinski definition) is 6. The smallest absolute Gasteiger partial charge is 0.335 e. The summed E-state index contributed by atoms with van der Waals surface area (Å²) >= 11 is 1.73. The molecule has 0 spiro atoms. The SMILES string of the molecule is C=O.CCCc1ccc(NC2CNC2)cc1C(=O)NC(C)c1cccc(-c2cccs2)c1.CNNC=O.O=C(O)C1CO1. The molecule has 2 atom stereocenters. The van der Waals surface area contributed by atoms with E-state index in [1.165, 1.54) is 10.4 Å². The number of anilines is 1. The second kappa shape index (κ2) is 19.2. The lowest BCUT2D eigenvalue weighted by Gasteiger charge is -2.29. The zero-order chi connectivity index (χ0) is 31.6. The van der Waals surface area contributed by atoms with E-state index in [4.69, 9.17) is 9.90 Å². The number of amides is 2. The predicted molar refractivity (Wildman–Crippen MR) is 169 cm³/mol. The largest absolute Gasteiger partial charge is 0.479 e. The third-order valence-corrected chi connectivity index (χ3v) is 7.30. The average molecular weight is 612 g/mol. The van der Waals surface area contributed by atoms with Gasteiger partial charge in [0.25, 0.3) is 5.91 Å². The first-order valence-electron chi connectivity index (χ1n) is 13.9. The lowest BCUT2D eigenvalue weighted by atomic mass is 9.99. The van der Waals surface area contributed by atoms with Gasteiger partial charge in [0, 0.05) is 36.3 Å². The van der Waals surface area contributed by atoms with Crippen LogP contribution in [0.15, 0.2) is 60.0 Å². The second-order valence-electron chi connectivity index (χ2n) is 9.59. The number of benzene rings is 2. The molecule has 0 bridgehead atoms. The van der Waals surface area contributed by atoms with E-state index in [1.54, 1.807) is 18.4 Å². The van der Waals surface area contributed by atoms with E-state index in [9.17, 15) is 14.4 Å². The van der Waals surface area contributed by atoms with Crippen molar-refractivity contribution in [1.82, 2.24) is 21.5 Å². The van der Waals surface area contributed by atoms with Crippen LogP contribution in [0.5, 0.6) is 0 Å². The molecule has 3 heterocycles. The van der Waals surface area contributed by atoms with Crippen LogP contribution in [0.2, 0.25) is 0 Å². The number of ether oxygens (including phenoxy) is 1. The number of rotatable bonds is 11. The molecule has 2 aliphatic rings. The van der Waals surface area contributed by atoms with Crippen molar-refractivity contribution < 1.29 is 29.0 Å². The maximum absolute atomic E-state index is 13.2. The zero-order valence-corrected chi connectivity index (χ0v) is 25.5. The van der Waals surface area contributed by atoms with Crippen LogP contribution in [0.25, 0.3) is 10.4 Å². The molecule has 2 amide bonds. The molecule has 43 heavy (non-hydrogen) atoms. The molecule has 232 valence electrons. The summed E-state index contributed by atoms with van der Waals surface area (Å²) in [6.07, 6.45) is 2.00. The van der Waals surface area contributed by atoms with E-state index in [0.717, 1.165) is 48.3 Å². The number of carbonyl (C=O) groups excluding carboxylic acids is 3. The van der Waals surface area contributed by atoms with Gasteiger partial charge in [-0.15, -0.1) is 11.3 Å². The number of carboxylic acids is 1. The number of carboxylic acid groups (broad SMARTS) is 1. The summed E-state index contributed by atoms with van der Waals surface area (Å²) in [5, 5.41) is 20.0. The molecule has 2 fully saturated rings. The Bertz CT molecular complexity index is 1280. The standard InChI is InChI=1S/C25H29N3OS.C3H4O3.C2H6N2O.CH2O/c1-3-6-18-10-11-21(28-22-15-26-16-22)14-23(18)25(29)27-17(2)19-7-4-8-20(13-19)24-9-5-12-30-24;4-3(5)2-1-6-2;1-3-4-2-5;1-2/h4-5,7-14,17,22,26,28H,3,6,15-16H2,1-2H3,(H,27,29);2H,1H2,(H,4,5);2-3H,1H3,(H,4,5);1H2. The van der Waals surface area contributed by atoms with Gasteiger partial charge >= 0.3 is 5.97 Å². The first kappa shape index (κ1) is 35.1. The number of aliphatic carboxylic acids is 1. The van der Waals surface area contributed by atoms with Crippen molar-refractivity contribution >= 4 is 42.1 Å². The highest BCUT2D eigenvalue weighted by atomic mass is 32.1. The third kappa shape index (κ3) is 12.0. The minimum Gasteiger partial charge on any atom is -0.479 e. The molecule has 0 aliphatic carbocycles. The van der Waals surface area contributed by atoms with Crippen LogP contribution in [-0.2, 0) is 25.5 Å². The second-order valence-corrected chi connectivity index (χ2v) is 10.5. The van der Waals surface area contributed by atoms with Gasteiger partial charge in [0.2, 0.25) is 6.41 Å². The number of aryl methyl sites for hydroxylation is 1. The van der Waals surface area contributed by atoms with E-state index >= 15 is 0 Å². The number of epoxide rings is 1. The van der Waals surface area contributed by atoms with Gasteiger partial charge in [-0.1, -0.05) is 43.7 Å². The Morgan fingerprint density at radius 1 is 1.16 bits per heavy atom. The van der Waals surface area contributed by atoms with E-state index in [-0.39, 0.29) is 11.9 Å². The lowest BCUT2D eigenvalue weighted by Crippen LogP contribution is -2.51. The van der Waals surface area contributed by atoms with Crippen molar-refractivity contribution in [2.75, 3.05) is 32.1 Å². The Morgan fingerprint density at radius 2 is 1.91 bits per heavy atom. The minimum atomic E-state index is -0.852. The molecule has 2 saturated heterocycles.